The van der Waals surface area contributed by atoms with Gasteiger partial charge in [-0.3, -0.25) is 4.79 Å². The number of hydrogen-bond acceptors (Lipinski definition) is 2. The van der Waals surface area contributed by atoms with Gasteiger partial charge in [0, 0.05) is 23.8 Å². The van der Waals surface area contributed by atoms with Crippen LogP contribution < -0.4 is 10.6 Å². The monoisotopic (exact) mass is 260 g/mol. The summed E-state index contributed by atoms with van der Waals surface area (Å²) in [5.74, 6) is 0.733. The van der Waals surface area contributed by atoms with Crippen LogP contribution in [0.15, 0.2) is 24.3 Å². The van der Waals surface area contributed by atoms with E-state index in [0.29, 0.717) is 12.0 Å². The molecule has 2 rings (SSSR count). The summed E-state index contributed by atoms with van der Waals surface area (Å²) >= 11 is 0. The van der Waals surface area contributed by atoms with Crippen LogP contribution in [0.3, 0.4) is 0 Å². The van der Waals surface area contributed by atoms with Gasteiger partial charge in [-0.05, 0) is 49.4 Å². The van der Waals surface area contributed by atoms with E-state index in [1.54, 1.807) is 0 Å². The number of carbonyl (C=O) groups is 1. The van der Waals surface area contributed by atoms with Crippen molar-refractivity contribution in [3.63, 3.8) is 0 Å². The highest BCUT2D eigenvalue weighted by Gasteiger charge is 2.23. The van der Waals surface area contributed by atoms with Crippen molar-refractivity contribution in [1.29, 1.82) is 0 Å². The van der Waals surface area contributed by atoms with Crippen LogP contribution in [0, 0.1) is 5.92 Å². The van der Waals surface area contributed by atoms with Crippen LogP contribution in [0.1, 0.15) is 49.9 Å². The standard InChI is InChI=1S/C16H24N2O/c1-3-4-12(2)11-17-14-7-5-13(6-8-14)16(19)18-15-9-10-15/h5-8,12,15,17H,3-4,9-11H2,1-2H3,(H,18,19). The Morgan fingerprint density at radius 1 is 1.32 bits per heavy atom. The second kappa shape index (κ2) is 6.60. The van der Waals surface area contributed by atoms with E-state index in [9.17, 15) is 4.79 Å². The topological polar surface area (TPSA) is 41.1 Å². The molecule has 0 aliphatic heterocycles. The third-order valence-electron chi connectivity index (χ3n) is 3.50. The van der Waals surface area contributed by atoms with Crippen molar-refractivity contribution in [2.75, 3.05) is 11.9 Å². The van der Waals surface area contributed by atoms with Gasteiger partial charge >= 0.3 is 0 Å². The molecule has 3 nitrogen and oxygen atoms in total. The maximum absolute atomic E-state index is 11.8. The number of carbonyl (C=O) groups excluding carboxylic acids is 1. The number of hydrogen-bond donors (Lipinski definition) is 2. The Balaban J connectivity index is 1.81. The van der Waals surface area contributed by atoms with Gasteiger partial charge in [-0.15, -0.1) is 0 Å². The van der Waals surface area contributed by atoms with Crippen molar-refractivity contribution >= 4 is 11.6 Å². The minimum absolute atomic E-state index is 0.0494. The van der Waals surface area contributed by atoms with Gasteiger partial charge < -0.3 is 10.6 Å². The lowest BCUT2D eigenvalue weighted by Gasteiger charge is -2.12. The predicted octanol–water partition coefficient (Wildman–Crippen LogP) is 3.43. The molecular formula is C16H24N2O. The van der Waals surface area contributed by atoms with Gasteiger partial charge in [-0.25, -0.2) is 0 Å². The number of anilines is 1. The van der Waals surface area contributed by atoms with Crippen molar-refractivity contribution in [1.82, 2.24) is 5.32 Å². The molecule has 0 spiro atoms. The van der Waals surface area contributed by atoms with Gasteiger partial charge in [0.2, 0.25) is 0 Å². The van der Waals surface area contributed by atoms with Crippen LogP contribution in [0.25, 0.3) is 0 Å². The van der Waals surface area contributed by atoms with Crippen LogP contribution >= 0.6 is 0 Å². The van der Waals surface area contributed by atoms with Gasteiger partial charge in [0.1, 0.15) is 0 Å². The molecule has 1 aromatic rings. The lowest BCUT2D eigenvalue weighted by atomic mass is 10.1. The minimum Gasteiger partial charge on any atom is -0.385 e. The fraction of sp³-hybridized carbons (Fsp3) is 0.562. The van der Waals surface area contributed by atoms with Crippen LogP contribution in [-0.4, -0.2) is 18.5 Å². The van der Waals surface area contributed by atoms with E-state index in [1.807, 2.05) is 24.3 Å². The smallest absolute Gasteiger partial charge is 0.251 e. The average molecular weight is 260 g/mol. The Morgan fingerprint density at radius 3 is 2.58 bits per heavy atom. The SMILES string of the molecule is CCCC(C)CNc1ccc(C(=O)NC2CC2)cc1. The third kappa shape index (κ3) is 4.58. The van der Waals surface area contributed by atoms with E-state index < -0.39 is 0 Å². The summed E-state index contributed by atoms with van der Waals surface area (Å²) in [6.07, 6.45) is 4.72. The summed E-state index contributed by atoms with van der Waals surface area (Å²) in [6.45, 7) is 5.46. The molecule has 1 aromatic carbocycles. The number of amides is 1. The lowest BCUT2D eigenvalue weighted by molar-refractivity contribution is 0.0951. The zero-order chi connectivity index (χ0) is 13.7. The zero-order valence-electron chi connectivity index (χ0n) is 11.9. The first-order valence-corrected chi connectivity index (χ1v) is 7.34. The van der Waals surface area contributed by atoms with Crippen molar-refractivity contribution in [2.45, 2.75) is 45.6 Å². The molecular weight excluding hydrogens is 236 g/mol. The maximum atomic E-state index is 11.8. The summed E-state index contributed by atoms with van der Waals surface area (Å²) in [7, 11) is 0. The molecule has 104 valence electrons. The summed E-state index contributed by atoms with van der Waals surface area (Å²) in [6, 6.07) is 8.18. The average Bonchev–Trinajstić information content (AvgIpc) is 3.21. The number of benzene rings is 1. The Hall–Kier alpha value is -1.51. The van der Waals surface area contributed by atoms with E-state index >= 15 is 0 Å². The van der Waals surface area contributed by atoms with Crippen molar-refractivity contribution < 1.29 is 4.79 Å². The quantitative estimate of drug-likeness (QED) is 0.788. The van der Waals surface area contributed by atoms with Gasteiger partial charge in [0.05, 0.1) is 0 Å². The first-order chi connectivity index (χ1) is 9.19. The predicted molar refractivity (Wildman–Crippen MR) is 79.5 cm³/mol. The van der Waals surface area contributed by atoms with E-state index in [2.05, 4.69) is 24.5 Å². The minimum atomic E-state index is 0.0494. The van der Waals surface area contributed by atoms with Gasteiger partial charge in [-0.1, -0.05) is 20.3 Å². The van der Waals surface area contributed by atoms with Crippen LogP contribution in [-0.2, 0) is 0 Å². The molecule has 1 unspecified atom stereocenters. The summed E-state index contributed by atoms with van der Waals surface area (Å²) in [5.41, 5.74) is 1.84. The van der Waals surface area contributed by atoms with E-state index in [-0.39, 0.29) is 5.91 Å². The molecule has 19 heavy (non-hydrogen) atoms. The molecule has 0 bridgehead atoms. The number of nitrogens with one attached hydrogen (secondary N) is 2. The molecule has 1 saturated carbocycles. The molecule has 0 aromatic heterocycles. The highest BCUT2D eigenvalue weighted by atomic mass is 16.1. The van der Waals surface area contributed by atoms with Crippen molar-refractivity contribution in [3.8, 4) is 0 Å². The van der Waals surface area contributed by atoms with E-state index in [1.165, 1.54) is 12.8 Å². The lowest BCUT2D eigenvalue weighted by Crippen LogP contribution is -2.25. The Labute approximate surface area is 115 Å². The summed E-state index contributed by atoms with van der Waals surface area (Å²) in [4.78, 5) is 11.8. The molecule has 0 radical (unpaired) electrons. The van der Waals surface area contributed by atoms with Gasteiger partial charge in [0.25, 0.3) is 5.91 Å². The molecule has 2 N–H and O–H groups in total. The first-order valence-electron chi connectivity index (χ1n) is 7.34. The molecule has 3 heteroatoms. The third-order valence-corrected chi connectivity index (χ3v) is 3.50. The fourth-order valence-electron chi connectivity index (χ4n) is 2.12. The Bertz CT molecular complexity index is 409. The molecule has 0 heterocycles. The second-order valence-electron chi connectivity index (χ2n) is 5.60. The molecule has 1 atom stereocenters. The number of rotatable bonds is 7. The van der Waals surface area contributed by atoms with Gasteiger partial charge in [-0.2, -0.15) is 0 Å². The Kier molecular flexibility index (Phi) is 4.83. The van der Waals surface area contributed by atoms with Crippen LogP contribution in [0.2, 0.25) is 0 Å². The van der Waals surface area contributed by atoms with Crippen LogP contribution in [0.4, 0.5) is 5.69 Å². The van der Waals surface area contributed by atoms with Crippen LogP contribution in [0.5, 0.6) is 0 Å². The molecule has 1 aliphatic rings. The highest BCUT2D eigenvalue weighted by Crippen LogP contribution is 2.19. The normalized spacial score (nSPS) is 15.9. The zero-order valence-corrected chi connectivity index (χ0v) is 11.9. The first kappa shape index (κ1) is 13.9. The maximum Gasteiger partial charge on any atom is 0.251 e. The van der Waals surface area contributed by atoms with Gasteiger partial charge in [0.15, 0.2) is 0 Å². The highest BCUT2D eigenvalue weighted by molar-refractivity contribution is 5.94. The second-order valence-corrected chi connectivity index (χ2v) is 5.60. The van der Waals surface area contributed by atoms with Crippen molar-refractivity contribution in [2.24, 2.45) is 5.92 Å². The van der Waals surface area contributed by atoms with E-state index in [4.69, 9.17) is 0 Å². The molecule has 1 aliphatic carbocycles. The Morgan fingerprint density at radius 2 is 2.00 bits per heavy atom. The summed E-state index contributed by atoms with van der Waals surface area (Å²) < 4.78 is 0. The molecule has 1 fully saturated rings. The summed E-state index contributed by atoms with van der Waals surface area (Å²) in [5, 5.41) is 6.41. The fourth-order valence-corrected chi connectivity index (χ4v) is 2.12. The van der Waals surface area contributed by atoms with E-state index in [0.717, 1.165) is 30.6 Å². The molecule has 1 amide bonds. The van der Waals surface area contributed by atoms with Crippen molar-refractivity contribution in [3.05, 3.63) is 29.8 Å². The molecule has 0 saturated heterocycles. The largest absolute Gasteiger partial charge is 0.385 e.